The fraction of sp³-hybridized carbons (Fsp3) is 0.167. The lowest BCUT2D eigenvalue weighted by atomic mass is 10.1. The van der Waals surface area contributed by atoms with Gasteiger partial charge in [0.1, 0.15) is 16.5 Å². The summed E-state index contributed by atoms with van der Waals surface area (Å²) >= 11 is 13.6. The van der Waals surface area contributed by atoms with Crippen LogP contribution in [0.2, 0.25) is 10.0 Å². The van der Waals surface area contributed by atoms with Gasteiger partial charge < -0.3 is 9.47 Å². The first-order valence-electron chi connectivity index (χ1n) is 7.80. The Kier molecular flexibility index (Phi) is 6.15. The zero-order valence-electron chi connectivity index (χ0n) is 14.5. The summed E-state index contributed by atoms with van der Waals surface area (Å²) in [5.74, 6) is 0.697. The van der Waals surface area contributed by atoms with E-state index in [1.54, 1.807) is 36.4 Å². The molecule has 0 spiro atoms. The Morgan fingerprint density at radius 3 is 2.30 bits per heavy atom. The fourth-order valence-electron chi connectivity index (χ4n) is 2.34. The zero-order chi connectivity index (χ0) is 19.4. The van der Waals surface area contributed by atoms with Gasteiger partial charge in [0.2, 0.25) is 5.13 Å². The van der Waals surface area contributed by atoms with Crippen molar-refractivity contribution in [3.63, 3.8) is 0 Å². The molecule has 0 saturated carbocycles. The third kappa shape index (κ3) is 4.68. The number of hydrogen-bond acceptors (Lipinski definition) is 6. The maximum Gasteiger partial charge on any atom is 0.257 e. The number of carbonyl (C=O) groups excluding carboxylic acids is 1. The lowest BCUT2D eigenvalue weighted by Crippen LogP contribution is -2.12. The molecule has 1 amide bonds. The second-order valence-electron chi connectivity index (χ2n) is 5.43. The van der Waals surface area contributed by atoms with Crippen molar-refractivity contribution in [3.8, 4) is 11.5 Å². The number of hydrogen-bond donors (Lipinski definition) is 1. The first-order chi connectivity index (χ1) is 13.0. The molecular weight excluding hydrogens is 409 g/mol. The highest BCUT2D eigenvalue weighted by Crippen LogP contribution is 2.29. The van der Waals surface area contributed by atoms with Gasteiger partial charge >= 0.3 is 0 Å². The van der Waals surface area contributed by atoms with Crippen LogP contribution in [0.3, 0.4) is 0 Å². The zero-order valence-corrected chi connectivity index (χ0v) is 16.8. The number of nitrogens with one attached hydrogen (secondary N) is 1. The minimum Gasteiger partial charge on any atom is -0.497 e. The van der Waals surface area contributed by atoms with E-state index in [-0.39, 0.29) is 5.91 Å². The minimum atomic E-state index is -0.342. The second-order valence-corrected chi connectivity index (χ2v) is 7.31. The number of nitrogens with zero attached hydrogens (tertiary/aromatic N) is 2. The van der Waals surface area contributed by atoms with Gasteiger partial charge in [-0.3, -0.25) is 10.1 Å². The standard InChI is InChI=1S/C18H15Cl2N3O3S/c1-25-11-6-10(7-12(8-11)26-2)17(24)21-18-23-22-16(27-18)9-13-14(19)4-3-5-15(13)20/h3-8H,9H2,1-2H3,(H,21,23,24). The molecule has 0 bridgehead atoms. The molecular formula is C18H15Cl2N3O3S. The van der Waals surface area contributed by atoms with Gasteiger partial charge in [-0.2, -0.15) is 0 Å². The Bertz CT molecular complexity index is 936. The molecule has 0 atom stereocenters. The van der Waals surface area contributed by atoms with Crippen LogP contribution in [0.5, 0.6) is 11.5 Å². The first-order valence-corrected chi connectivity index (χ1v) is 9.37. The number of methoxy groups -OCH3 is 2. The van der Waals surface area contributed by atoms with Gasteiger partial charge in [0.15, 0.2) is 0 Å². The van der Waals surface area contributed by atoms with Crippen LogP contribution >= 0.6 is 34.5 Å². The number of ether oxygens (including phenoxy) is 2. The van der Waals surface area contributed by atoms with Crippen LogP contribution in [-0.4, -0.2) is 30.3 Å². The topological polar surface area (TPSA) is 73.3 Å². The lowest BCUT2D eigenvalue weighted by Gasteiger charge is -2.07. The Balaban J connectivity index is 1.75. The molecule has 0 radical (unpaired) electrons. The van der Waals surface area contributed by atoms with E-state index in [0.717, 1.165) is 5.56 Å². The van der Waals surface area contributed by atoms with E-state index in [4.69, 9.17) is 32.7 Å². The monoisotopic (exact) mass is 423 g/mol. The summed E-state index contributed by atoms with van der Waals surface area (Å²) in [5, 5.41) is 13.0. The van der Waals surface area contributed by atoms with Gasteiger partial charge in [-0.15, -0.1) is 10.2 Å². The number of carbonyl (C=O) groups is 1. The third-order valence-corrected chi connectivity index (χ3v) is 5.24. The molecule has 0 aliphatic rings. The highest BCUT2D eigenvalue weighted by molar-refractivity contribution is 7.15. The number of rotatable bonds is 6. The van der Waals surface area contributed by atoms with Gasteiger partial charge in [0.25, 0.3) is 5.91 Å². The van der Waals surface area contributed by atoms with E-state index in [2.05, 4.69) is 15.5 Å². The first kappa shape index (κ1) is 19.4. The number of halogens is 2. The van der Waals surface area contributed by atoms with Crippen molar-refractivity contribution >= 4 is 45.6 Å². The number of benzene rings is 2. The van der Waals surface area contributed by atoms with Crippen LogP contribution < -0.4 is 14.8 Å². The van der Waals surface area contributed by atoms with E-state index in [9.17, 15) is 4.79 Å². The molecule has 1 heterocycles. The predicted octanol–water partition coefficient (Wildman–Crippen LogP) is 4.71. The van der Waals surface area contributed by atoms with Gasteiger partial charge in [0, 0.05) is 28.1 Å². The molecule has 0 fully saturated rings. The Hall–Kier alpha value is -2.35. The molecule has 1 aromatic heterocycles. The van der Waals surface area contributed by atoms with Crippen LogP contribution in [0.15, 0.2) is 36.4 Å². The molecule has 0 saturated heterocycles. The normalized spacial score (nSPS) is 10.5. The van der Waals surface area contributed by atoms with Gasteiger partial charge in [0.05, 0.1) is 14.2 Å². The van der Waals surface area contributed by atoms with Crippen molar-refractivity contribution in [2.75, 3.05) is 19.5 Å². The summed E-state index contributed by atoms with van der Waals surface area (Å²) < 4.78 is 10.4. The Morgan fingerprint density at radius 1 is 1.07 bits per heavy atom. The van der Waals surface area contributed by atoms with E-state index < -0.39 is 0 Å². The molecule has 2 aromatic carbocycles. The van der Waals surface area contributed by atoms with Gasteiger partial charge in [-0.1, -0.05) is 40.6 Å². The smallest absolute Gasteiger partial charge is 0.257 e. The van der Waals surface area contributed by atoms with E-state index in [0.29, 0.717) is 43.7 Å². The molecule has 140 valence electrons. The molecule has 9 heteroatoms. The summed E-state index contributed by atoms with van der Waals surface area (Å²) in [6.07, 6.45) is 0.430. The fourth-order valence-corrected chi connectivity index (χ4v) is 3.61. The second kappa shape index (κ2) is 8.56. The number of amides is 1. The average molecular weight is 424 g/mol. The Morgan fingerprint density at radius 2 is 1.70 bits per heavy atom. The third-order valence-electron chi connectivity index (χ3n) is 3.69. The van der Waals surface area contributed by atoms with Crippen LogP contribution in [0.1, 0.15) is 20.9 Å². The lowest BCUT2D eigenvalue weighted by molar-refractivity contribution is 0.102. The summed E-state index contributed by atoms with van der Waals surface area (Å²) in [6, 6.07) is 10.2. The summed E-state index contributed by atoms with van der Waals surface area (Å²) in [6.45, 7) is 0. The Labute approximate surface area is 170 Å². The van der Waals surface area contributed by atoms with Crippen LogP contribution in [0.4, 0.5) is 5.13 Å². The molecule has 1 N–H and O–H groups in total. The maximum atomic E-state index is 12.5. The van der Waals surface area contributed by atoms with Gasteiger partial charge in [-0.05, 0) is 29.8 Å². The van der Waals surface area contributed by atoms with Crippen molar-refractivity contribution in [1.82, 2.24) is 10.2 Å². The molecule has 0 aliphatic carbocycles. The molecule has 6 nitrogen and oxygen atoms in total. The van der Waals surface area contributed by atoms with Crippen LogP contribution in [-0.2, 0) is 6.42 Å². The largest absolute Gasteiger partial charge is 0.497 e. The molecule has 0 unspecified atom stereocenters. The van der Waals surface area contributed by atoms with Crippen molar-refractivity contribution in [3.05, 3.63) is 62.6 Å². The van der Waals surface area contributed by atoms with E-state index in [1.807, 2.05) is 0 Å². The molecule has 27 heavy (non-hydrogen) atoms. The quantitative estimate of drug-likeness (QED) is 0.621. The van der Waals surface area contributed by atoms with E-state index in [1.165, 1.54) is 25.6 Å². The predicted molar refractivity (Wildman–Crippen MR) is 107 cm³/mol. The van der Waals surface area contributed by atoms with Crippen molar-refractivity contribution in [2.24, 2.45) is 0 Å². The van der Waals surface area contributed by atoms with E-state index >= 15 is 0 Å². The van der Waals surface area contributed by atoms with Crippen molar-refractivity contribution < 1.29 is 14.3 Å². The van der Waals surface area contributed by atoms with Gasteiger partial charge in [-0.25, -0.2) is 0 Å². The number of anilines is 1. The van der Waals surface area contributed by atoms with Crippen LogP contribution in [0, 0.1) is 0 Å². The van der Waals surface area contributed by atoms with Crippen molar-refractivity contribution in [2.45, 2.75) is 6.42 Å². The molecule has 0 aliphatic heterocycles. The maximum absolute atomic E-state index is 12.5. The highest BCUT2D eigenvalue weighted by Gasteiger charge is 2.14. The summed E-state index contributed by atoms with van der Waals surface area (Å²) in [4.78, 5) is 12.5. The number of aromatic nitrogens is 2. The molecule has 3 aromatic rings. The van der Waals surface area contributed by atoms with Crippen LogP contribution in [0.25, 0.3) is 0 Å². The SMILES string of the molecule is COc1cc(OC)cc(C(=O)Nc2nnc(Cc3c(Cl)cccc3Cl)s2)c1. The minimum absolute atomic E-state index is 0.342. The molecule has 3 rings (SSSR count). The average Bonchev–Trinajstić information content (AvgIpc) is 3.11. The highest BCUT2D eigenvalue weighted by atomic mass is 35.5. The summed E-state index contributed by atoms with van der Waals surface area (Å²) in [5.41, 5.74) is 1.16. The van der Waals surface area contributed by atoms with Crippen molar-refractivity contribution in [1.29, 1.82) is 0 Å². The summed E-state index contributed by atoms with van der Waals surface area (Å²) in [7, 11) is 3.04.